The van der Waals surface area contributed by atoms with E-state index in [1.807, 2.05) is 0 Å². The first kappa shape index (κ1) is 10.4. The standard InChI is InChI=1S/C13H15BrN2/c14-8-5-6-12-10(7-8)9-3-1-2-4-11(15)13(9)16-12/h5-7,11,16H,1-4,15H2/t11-/m1/s1. The molecule has 2 nitrogen and oxygen atoms in total. The predicted octanol–water partition coefficient (Wildman–Crippen LogP) is 3.66. The van der Waals surface area contributed by atoms with Crippen LogP contribution in [0.5, 0.6) is 0 Å². The van der Waals surface area contributed by atoms with E-state index in [0.717, 1.165) is 17.3 Å². The fourth-order valence-electron chi connectivity index (χ4n) is 2.64. The normalized spacial score (nSPS) is 20.8. The van der Waals surface area contributed by atoms with Crippen LogP contribution in [0.25, 0.3) is 10.9 Å². The van der Waals surface area contributed by atoms with E-state index in [1.165, 1.54) is 35.0 Å². The number of halogens is 1. The Kier molecular flexibility index (Phi) is 2.52. The zero-order valence-corrected chi connectivity index (χ0v) is 10.7. The molecule has 0 fully saturated rings. The molecule has 0 spiro atoms. The van der Waals surface area contributed by atoms with Gasteiger partial charge in [0.25, 0.3) is 0 Å². The molecule has 0 saturated carbocycles. The van der Waals surface area contributed by atoms with Gasteiger partial charge in [0.1, 0.15) is 0 Å². The van der Waals surface area contributed by atoms with Gasteiger partial charge >= 0.3 is 0 Å². The van der Waals surface area contributed by atoms with Crippen molar-refractivity contribution in [2.24, 2.45) is 5.73 Å². The number of nitrogens with two attached hydrogens (primary N) is 1. The summed E-state index contributed by atoms with van der Waals surface area (Å²) in [6.45, 7) is 0. The highest BCUT2D eigenvalue weighted by molar-refractivity contribution is 9.10. The molecule has 84 valence electrons. The third-order valence-electron chi connectivity index (χ3n) is 3.46. The average Bonchev–Trinajstić information content (AvgIpc) is 2.52. The van der Waals surface area contributed by atoms with Gasteiger partial charge in [-0.3, -0.25) is 0 Å². The van der Waals surface area contributed by atoms with E-state index in [0.29, 0.717) is 0 Å². The topological polar surface area (TPSA) is 41.8 Å². The van der Waals surface area contributed by atoms with E-state index < -0.39 is 0 Å². The maximum absolute atomic E-state index is 6.21. The molecular weight excluding hydrogens is 264 g/mol. The van der Waals surface area contributed by atoms with Crippen LogP contribution in [0.4, 0.5) is 0 Å². The first-order valence-electron chi connectivity index (χ1n) is 5.81. The summed E-state index contributed by atoms with van der Waals surface area (Å²) in [6.07, 6.45) is 4.74. The van der Waals surface area contributed by atoms with Gasteiger partial charge in [-0.05, 0) is 43.0 Å². The zero-order chi connectivity index (χ0) is 11.1. The van der Waals surface area contributed by atoms with Gasteiger partial charge in [-0.1, -0.05) is 22.4 Å². The van der Waals surface area contributed by atoms with Gasteiger partial charge in [0.2, 0.25) is 0 Å². The molecule has 1 aromatic heterocycles. The maximum Gasteiger partial charge on any atom is 0.0460 e. The Hall–Kier alpha value is -0.800. The lowest BCUT2D eigenvalue weighted by Gasteiger charge is -2.07. The van der Waals surface area contributed by atoms with Crippen LogP contribution in [-0.4, -0.2) is 4.98 Å². The first-order chi connectivity index (χ1) is 7.75. The molecule has 1 aliphatic rings. The van der Waals surface area contributed by atoms with Crippen LogP contribution in [0.15, 0.2) is 22.7 Å². The smallest absolute Gasteiger partial charge is 0.0460 e. The van der Waals surface area contributed by atoms with Crippen molar-refractivity contribution in [1.29, 1.82) is 0 Å². The summed E-state index contributed by atoms with van der Waals surface area (Å²) in [5.74, 6) is 0. The van der Waals surface area contributed by atoms with Crippen LogP contribution in [-0.2, 0) is 6.42 Å². The molecule has 1 heterocycles. The Balaban J connectivity index is 2.26. The molecule has 3 heteroatoms. The summed E-state index contributed by atoms with van der Waals surface area (Å²) < 4.78 is 1.14. The number of aryl methyl sites for hydroxylation is 1. The van der Waals surface area contributed by atoms with Crippen molar-refractivity contribution < 1.29 is 0 Å². The Morgan fingerprint density at radius 1 is 1.31 bits per heavy atom. The molecule has 16 heavy (non-hydrogen) atoms. The number of fused-ring (bicyclic) bond motifs is 3. The van der Waals surface area contributed by atoms with Crippen molar-refractivity contribution in [2.45, 2.75) is 31.7 Å². The number of hydrogen-bond donors (Lipinski definition) is 2. The molecule has 0 aliphatic heterocycles. The fourth-order valence-corrected chi connectivity index (χ4v) is 3.00. The van der Waals surface area contributed by atoms with Crippen LogP contribution >= 0.6 is 15.9 Å². The van der Waals surface area contributed by atoms with Crippen LogP contribution in [0, 0.1) is 0 Å². The summed E-state index contributed by atoms with van der Waals surface area (Å²) in [4.78, 5) is 3.49. The average molecular weight is 279 g/mol. The number of H-pyrrole nitrogens is 1. The Labute approximate surface area is 103 Å². The molecular formula is C13H15BrN2. The number of aromatic nitrogens is 1. The van der Waals surface area contributed by atoms with E-state index in [2.05, 4.69) is 39.1 Å². The van der Waals surface area contributed by atoms with Crippen molar-refractivity contribution in [1.82, 2.24) is 4.98 Å². The SMILES string of the molecule is N[C@@H]1CCCCc2c1[nH]c1ccc(Br)cc21. The predicted molar refractivity (Wildman–Crippen MR) is 70.5 cm³/mol. The van der Waals surface area contributed by atoms with Crippen molar-refractivity contribution in [3.8, 4) is 0 Å². The van der Waals surface area contributed by atoms with E-state index in [-0.39, 0.29) is 6.04 Å². The fraction of sp³-hybridized carbons (Fsp3) is 0.385. The van der Waals surface area contributed by atoms with Crippen LogP contribution in [0.3, 0.4) is 0 Å². The third-order valence-corrected chi connectivity index (χ3v) is 3.96. The number of aromatic amines is 1. The molecule has 0 bridgehead atoms. The van der Waals surface area contributed by atoms with Gasteiger partial charge in [0.05, 0.1) is 0 Å². The first-order valence-corrected chi connectivity index (χ1v) is 6.60. The van der Waals surface area contributed by atoms with Crippen molar-refractivity contribution >= 4 is 26.8 Å². The molecule has 0 amide bonds. The highest BCUT2D eigenvalue weighted by Gasteiger charge is 2.19. The lowest BCUT2D eigenvalue weighted by molar-refractivity contribution is 0.606. The summed E-state index contributed by atoms with van der Waals surface area (Å²) >= 11 is 3.53. The lowest BCUT2D eigenvalue weighted by atomic mass is 10.1. The van der Waals surface area contributed by atoms with Crippen LogP contribution in [0.1, 0.15) is 36.6 Å². The second-order valence-corrected chi connectivity index (χ2v) is 5.48. The molecule has 1 aromatic carbocycles. The zero-order valence-electron chi connectivity index (χ0n) is 9.09. The van der Waals surface area contributed by atoms with Crippen molar-refractivity contribution in [2.75, 3.05) is 0 Å². The minimum Gasteiger partial charge on any atom is -0.357 e. The Morgan fingerprint density at radius 2 is 2.19 bits per heavy atom. The van der Waals surface area contributed by atoms with Gasteiger partial charge in [0, 0.05) is 27.1 Å². The van der Waals surface area contributed by atoms with Gasteiger partial charge in [0.15, 0.2) is 0 Å². The lowest BCUT2D eigenvalue weighted by Crippen LogP contribution is -2.10. The van der Waals surface area contributed by atoms with E-state index in [1.54, 1.807) is 0 Å². The van der Waals surface area contributed by atoms with Crippen molar-refractivity contribution in [3.05, 3.63) is 33.9 Å². The monoisotopic (exact) mass is 278 g/mol. The van der Waals surface area contributed by atoms with Gasteiger partial charge in [-0.2, -0.15) is 0 Å². The van der Waals surface area contributed by atoms with E-state index in [9.17, 15) is 0 Å². The van der Waals surface area contributed by atoms with Crippen LogP contribution in [0.2, 0.25) is 0 Å². The van der Waals surface area contributed by atoms with Gasteiger partial charge in [-0.25, -0.2) is 0 Å². The number of nitrogens with one attached hydrogen (secondary N) is 1. The quantitative estimate of drug-likeness (QED) is 0.710. The molecule has 3 rings (SSSR count). The number of rotatable bonds is 0. The Bertz CT molecular complexity index is 530. The summed E-state index contributed by atoms with van der Waals surface area (Å²) in [5.41, 5.74) is 10.1. The molecule has 1 aliphatic carbocycles. The molecule has 2 aromatic rings. The Morgan fingerprint density at radius 3 is 3.06 bits per heavy atom. The minimum absolute atomic E-state index is 0.184. The van der Waals surface area contributed by atoms with Crippen LogP contribution < -0.4 is 5.73 Å². The molecule has 3 N–H and O–H groups in total. The molecule has 0 unspecified atom stereocenters. The summed E-state index contributed by atoms with van der Waals surface area (Å²) in [7, 11) is 0. The third kappa shape index (κ3) is 1.59. The van der Waals surface area contributed by atoms with Gasteiger partial charge in [-0.15, -0.1) is 0 Å². The van der Waals surface area contributed by atoms with Crippen molar-refractivity contribution in [3.63, 3.8) is 0 Å². The maximum atomic E-state index is 6.21. The highest BCUT2D eigenvalue weighted by atomic mass is 79.9. The molecule has 0 radical (unpaired) electrons. The molecule has 0 saturated heterocycles. The number of benzene rings is 1. The molecule has 1 atom stereocenters. The van der Waals surface area contributed by atoms with E-state index >= 15 is 0 Å². The van der Waals surface area contributed by atoms with Gasteiger partial charge < -0.3 is 10.7 Å². The second-order valence-electron chi connectivity index (χ2n) is 4.56. The summed E-state index contributed by atoms with van der Waals surface area (Å²) in [5, 5.41) is 1.33. The van der Waals surface area contributed by atoms with E-state index in [4.69, 9.17) is 5.73 Å². The number of hydrogen-bond acceptors (Lipinski definition) is 1. The highest BCUT2D eigenvalue weighted by Crippen LogP contribution is 2.33. The largest absolute Gasteiger partial charge is 0.357 e. The minimum atomic E-state index is 0.184. The summed E-state index contributed by atoms with van der Waals surface area (Å²) in [6, 6.07) is 6.58. The second kappa shape index (κ2) is 3.90.